The number of thioether (sulfide) groups is 1. The molecule has 0 radical (unpaired) electrons. The van der Waals surface area contributed by atoms with Crippen LogP contribution in [0.5, 0.6) is 0 Å². The molecule has 0 bridgehead atoms. The number of nitrogens with one attached hydrogen (secondary N) is 3. The maximum Gasteiger partial charge on any atom is 0.241 e. The van der Waals surface area contributed by atoms with Gasteiger partial charge in [-0.2, -0.15) is 0 Å². The third-order valence-electron chi connectivity index (χ3n) is 5.19. The average Bonchev–Trinajstić information content (AvgIpc) is 3.22. The number of fused-ring (bicyclic) bond motifs is 1. The van der Waals surface area contributed by atoms with E-state index < -0.39 is 0 Å². The van der Waals surface area contributed by atoms with Crippen LogP contribution in [0.25, 0.3) is 0 Å². The van der Waals surface area contributed by atoms with Gasteiger partial charge in [0.05, 0.1) is 17.4 Å². The van der Waals surface area contributed by atoms with E-state index in [1.807, 2.05) is 30.3 Å². The van der Waals surface area contributed by atoms with Gasteiger partial charge in [-0.25, -0.2) is 10.4 Å². The van der Waals surface area contributed by atoms with Crippen LogP contribution in [0.2, 0.25) is 5.02 Å². The largest absolute Gasteiger partial charge is 0.325 e. The zero-order valence-electron chi connectivity index (χ0n) is 17.3. The van der Waals surface area contributed by atoms with E-state index in [9.17, 15) is 9.59 Å². The fourth-order valence-electron chi connectivity index (χ4n) is 3.50. The molecule has 0 saturated carbocycles. The molecule has 2 aromatic carbocycles. The van der Waals surface area contributed by atoms with Gasteiger partial charge < -0.3 is 5.32 Å². The molecule has 3 N–H and O–H groups in total. The Bertz CT molecular complexity index is 1010. The summed E-state index contributed by atoms with van der Waals surface area (Å²) in [4.78, 5) is 31.9. The molecule has 0 aliphatic carbocycles. The van der Waals surface area contributed by atoms with Gasteiger partial charge in [-0.05, 0) is 41.8 Å². The summed E-state index contributed by atoms with van der Waals surface area (Å²) in [6.07, 6.45) is -0.350. The number of aliphatic imine (C=N–C) groups is 1. The summed E-state index contributed by atoms with van der Waals surface area (Å²) in [5.74, 6) is 0.00811. The molecule has 2 atom stereocenters. The summed E-state index contributed by atoms with van der Waals surface area (Å²) in [5, 5.41) is 3.90. The number of halogens is 1. The molecular weight excluding hydrogens is 434 g/mol. The number of nitrogens with zero attached hydrogens (tertiary/aromatic N) is 2. The van der Waals surface area contributed by atoms with Crippen molar-refractivity contribution in [3.05, 3.63) is 59.1 Å². The second-order valence-corrected chi connectivity index (χ2v) is 9.13. The predicted molar refractivity (Wildman–Crippen MR) is 126 cm³/mol. The molecule has 2 aliphatic heterocycles. The molecule has 7 nitrogen and oxygen atoms in total. The number of amides is 2. The lowest BCUT2D eigenvalue weighted by Crippen LogP contribution is -2.49. The molecule has 9 heteroatoms. The van der Waals surface area contributed by atoms with Gasteiger partial charge >= 0.3 is 0 Å². The number of hydrogen-bond donors (Lipinski definition) is 3. The Morgan fingerprint density at radius 3 is 2.77 bits per heavy atom. The van der Waals surface area contributed by atoms with E-state index in [2.05, 4.69) is 35.0 Å². The van der Waals surface area contributed by atoms with Crippen molar-refractivity contribution in [2.75, 3.05) is 22.5 Å². The number of benzene rings is 2. The Balaban J connectivity index is 1.48. The van der Waals surface area contributed by atoms with Crippen LogP contribution in [0.4, 0.5) is 11.4 Å². The van der Waals surface area contributed by atoms with E-state index in [1.54, 1.807) is 23.1 Å². The number of carbonyl (C=O) groups is 2. The second-order valence-electron chi connectivity index (χ2n) is 7.76. The van der Waals surface area contributed by atoms with Gasteiger partial charge in [0.25, 0.3) is 0 Å². The van der Waals surface area contributed by atoms with E-state index in [0.29, 0.717) is 28.3 Å². The average molecular weight is 458 g/mol. The fraction of sp³-hybridized carbons (Fsp3) is 0.318. The Morgan fingerprint density at radius 2 is 2.06 bits per heavy atom. The van der Waals surface area contributed by atoms with Crippen molar-refractivity contribution in [2.45, 2.75) is 25.9 Å². The lowest BCUT2D eigenvalue weighted by molar-refractivity contribution is -0.121. The molecule has 0 aromatic heterocycles. The minimum atomic E-state index is -0.350. The third kappa shape index (κ3) is 4.93. The monoisotopic (exact) mass is 457 g/mol. The van der Waals surface area contributed by atoms with Crippen LogP contribution in [0.15, 0.2) is 53.5 Å². The first kappa shape index (κ1) is 21.8. The smallest absolute Gasteiger partial charge is 0.241 e. The summed E-state index contributed by atoms with van der Waals surface area (Å²) in [5.41, 5.74) is 8.60. The molecule has 1 fully saturated rings. The Hall–Kier alpha value is -2.39. The van der Waals surface area contributed by atoms with Gasteiger partial charge in [-0.3, -0.25) is 19.9 Å². The molecule has 1 saturated heterocycles. The number of anilines is 2. The zero-order chi connectivity index (χ0) is 22.0. The van der Waals surface area contributed by atoms with Gasteiger partial charge in [0.2, 0.25) is 11.8 Å². The standard InChI is InChI=1S/C22H24ClN5O2S/c1-13(2)14-6-8-16(9-7-14)25-19(29)12-31-22-26-20-18(11-24-27-20)21(30)28(22)17-5-3-4-15(23)10-17/h3-10,13,18,20,24,27H,11-12H2,1-2H3,(H,25,29). The minimum Gasteiger partial charge on any atom is -0.325 e. The molecule has 2 aromatic rings. The van der Waals surface area contributed by atoms with Crippen LogP contribution in [-0.2, 0) is 9.59 Å². The fourth-order valence-corrected chi connectivity index (χ4v) is 4.53. The van der Waals surface area contributed by atoms with Gasteiger partial charge in [-0.15, -0.1) is 0 Å². The Labute approximate surface area is 190 Å². The maximum atomic E-state index is 13.2. The van der Waals surface area contributed by atoms with E-state index in [4.69, 9.17) is 11.6 Å². The van der Waals surface area contributed by atoms with Gasteiger partial charge in [0, 0.05) is 17.3 Å². The van der Waals surface area contributed by atoms with Crippen molar-refractivity contribution in [2.24, 2.45) is 10.9 Å². The van der Waals surface area contributed by atoms with E-state index in [-0.39, 0.29) is 29.7 Å². The zero-order valence-corrected chi connectivity index (χ0v) is 18.8. The summed E-state index contributed by atoms with van der Waals surface area (Å²) in [6, 6.07) is 14.9. The Morgan fingerprint density at radius 1 is 1.29 bits per heavy atom. The van der Waals surface area contributed by atoms with Crippen molar-refractivity contribution < 1.29 is 9.59 Å². The van der Waals surface area contributed by atoms with Gasteiger partial charge in [0.1, 0.15) is 6.17 Å². The number of rotatable bonds is 5. The number of hydrazine groups is 1. The minimum absolute atomic E-state index is 0.0769. The van der Waals surface area contributed by atoms with E-state index in [0.717, 1.165) is 5.69 Å². The van der Waals surface area contributed by atoms with Crippen LogP contribution in [0, 0.1) is 5.92 Å². The number of carbonyl (C=O) groups excluding carboxylic acids is 2. The van der Waals surface area contributed by atoms with Crippen molar-refractivity contribution >= 4 is 51.7 Å². The molecule has 0 spiro atoms. The van der Waals surface area contributed by atoms with Gasteiger partial charge in [-0.1, -0.05) is 55.4 Å². The van der Waals surface area contributed by atoms with Crippen LogP contribution in [0.1, 0.15) is 25.3 Å². The molecule has 4 rings (SSSR count). The molecule has 31 heavy (non-hydrogen) atoms. The lowest BCUT2D eigenvalue weighted by atomic mass is 10.0. The van der Waals surface area contributed by atoms with Crippen LogP contribution in [0.3, 0.4) is 0 Å². The first-order valence-corrected chi connectivity index (χ1v) is 11.5. The van der Waals surface area contributed by atoms with Gasteiger partial charge in [0.15, 0.2) is 5.17 Å². The van der Waals surface area contributed by atoms with E-state index in [1.165, 1.54) is 17.3 Å². The van der Waals surface area contributed by atoms with Crippen molar-refractivity contribution in [3.8, 4) is 0 Å². The predicted octanol–water partition coefficient (Wildman–Crippen LogP) is 3.59. The van der Waals surface area contributed by atoms with Crippen molar-refractivity contribution in [1.29, 1.82) is 0 Å². The highest BCUT2D eigenvalue weighted by Gasteiger charge is 2.42. The highest BCUT2D eigenvalue weighted by atomic mass is 35.5. The summed E-state index contributed by atoms with van der Waals surface area (Å²) in [7, 11) is 0. The lowest BCUT2D eigenvalue weighted by Gasteiger charge is -2.32. The third-order valence-corrected chi connectivity index (χ3v) is 6.38. The quantitative estimate of drug-likeness (QED) is 0.638. The van der Waals surface area contributed by atoms with Crippen molar-refractivity contribution in [1.82, 2.24) is 10.9 Å². The molecule has 2 heterocycles. The second kappa shape index (κ2) is 9.40. The van der Waals surface area contributed by atoms with E-state index >= 15 is 0 Å². The number of amidine groups is 1. The molecule has 2 unspecified atom stereocenters. The molecule has 2 aliphatic rings. The SMILES string of the molecule is CC(C)c1ccc(NC(=O)CSC2=NC3NNCC3C(=O)N2c2cccc(Cl)c2)cc1. The van der Waals surface area contributed by atoms with Crippen LogP contribution < -0.4 is 21.1 Å². The van der Waals surface area contributed by atoms with Crippen LogP contribution in [-0.4, -0.2) is 35.4 Å². The Kier molecular flexibility index (Phi) is 6.62. The highest BCUT2D eigenvalue weighted by molar-refractivity contribution is 8.14. The normalized spacial score (nSPS) is 20.6. The summed E-state index contributed by atoms with van der Waals surface area (Å²) >= 11 is 7.37. The molecular formula is C22H24ClN5O2S. The first-order valence-electron chi connectivity index (χ1n) is 10.1. The number of hydrogen-bond acceptors (Lipinski definition) is 6. The topological polar surface area (TPSA) is 85.8 Å². The molecule has 162 valence electrons. The molecule has 2 amide bonds. The first-order chi connectivity index (χ1) is 14.9. The summed E-state index contributed by atoms with van der Waals surface area (Å²) in [6.45, 7) is 4.75. The highest BCUT2D eigenvalue weighted by Crippen LogP contribution is 2.30. The summed E-state index contributed by atoms with van der Waals surface area (Å²) < 4.78 is 0. The van der Waals surface area contributed by atoms with Crippen molar-refractivity contribution in [3.63, 3.8) is 0 Å². The maximum absolute atomic E-state index is 13.2. The van der Waals surface area contributed by atoms with Crippen LogP contribution >= 0.6 is 23.4 Å².